The van der Waals surface area contributed by atoms with Crippen molar-refractivity contribution in [3.8, 4) is 0 Å². The molecule has 12 heteroatoms. The third kappa shape index (κ3) is 7.84. The number of carboxylic acid groups (broad SMARTS) is 3. The smallest absolute Gasteiger partial charge is 0.317 e. The van der Waals surface area contributed by atoms with E-state index in [1.807, 2.05) is 0 Å². The highest BCUT2D eigenvalue weighted by Gasteiger charge is 2.60. The van der Waals surface area contributed by atoms with Gasteiger partial charge in [0.1, 0.15) is 12.7 Å². The fourth-order valence-electron chi connectivity index (χ4n) is 10.6. The average Bonchev–Trinajstić information content (AvgIpc) is 3.36. The van der Waals surface area contributed by atoms with Crippen molar-refractivity contribution in [1.82, 2.24) is 0 Å². The fourth-order valence-corrected chi connectivity index (χ4v) is 10.6. The zero-order chi connectivity index (χ0) is 34.7. The lowest BCUT2D eigenvalue weighted by Gasteiger charge is -2.61. The van der Waals surface area contributed by atoms with Gasteiger partial charge in [-0.25, -0.2) is 0 Å². The Bertz CT molecular complexity index is 1190. The van der Waals surface area contributed by atoms with E-state index < -0.39 is 60.4 Å². The molecule has 4 fully saturated rings. The summed E-state index contributed by atoms with van der Waals surface area (Å²) in [6.07, 6.45) is 8.31. The number of carbonyl (C=O) groups is 6. The summed E-state index contributed by atoms with van der Waals surface area (Å²) < 4.78 is 10.4. The van der Waals surface area contributed by atoms with Crippen LogP contribution in [0, 0.1) is 58.2 Å². The van der Waals surface area contributed by atoms with E-state index in [4.69, 9.17) is 10.5 Å². The summed E-state index contributed by atoms with van der Waals surface area (Å²) in [6.45, 7) is 6.81. The summed E-state index contributed by atoms with van der Waals surface area (Å²) in [5, 5.41) is 28.1. The number of aliphatic carboxylic acids is 3. The normalized spacial score (nSPS) is 34.9. The Labute approximate surface area is 276 Å². The van der Waals surface area contributed by atoms with Crippen molar-refractivity contribution in [3.05, 3.63) is 0 Å². The largest absolute Gasteiger partial charge is 0.481 e. The number of hydrogen-bond donors (Lipinski definition) is 4. The van der Waals surface area contributed by atoms with Crippen LogP contribution in [0.3, 0.4) is 0 Å². The molecule has 0 heterocycles. The Balaban J connectivity index is 1.36. The van der Waals surface area contributed by atoms with E-state index in [1.54, 1.807) is 0 Å². The number of hydrogen-bond acceptors (Lipinski definition) is 9. The van der Waals surface area contributed by atoms with Crippen LogP contribution in [0.4, 0.5) is 0 Å². The predicted octanol–water partition coefficient (Wildman–Crippen LogP) is 4.31. The van der Waals surface area contributed by atoms with Crippen molar-refractivity contribution >= 4 is 36.1 Å². The monoisotopic (exact) mass is 663 g/mol. The molecule has 5 N–H and O–H groups in total. The molecule has 12 nitrogen and oxygen atoms in total. The molecule has 0 amide bonds. The van der Waals surface area contributed by atoms with E-state index in [0.717, 1.165) is 44.9 Å². The minimum atomic E-state index is -1.36. The molecule has 47 heavy (non-hydrogen) atoms. The summed E-state index contributed by atoms with van der Waals surface area (Å²) >= 11 is 0. The van der Waals surface area contributed by atoms with Crippen molar-refractivity contribution in [1.29, 1.82) is 0 Å². The van der Waals surface area contributed by atoms with Gasteiger partial charge < -0.3 is 30.5 Å². The maximum atomic E-state index is 13.2. The Morgan fingerprint density at radius 1 is 0.872 bits per heavy atom. The van der Waals surface area contributed by atoms with Crippen molar-refractivity contribution in [2.75, 3.05) is 6.61 Å². The SMILES string of the molecule is C[C@H](CCC(C(=O)O)C(=O)O)C1CC[C@H]2[C@@H]3CC[C@@H]4C[C@H](OC(=O)[C@H](CC(=O)O)CC(=O)[C@@H](N)COC=O)CC[C@]4(C)[C@H]3CC[C@]12C. The van der Waals surface area contributed by atoms with Gasteiger partial charge >= 0.3 is 23.9 Å². The summed E-state index contributed by atoms with van der Waals surface area (Å²) in [5.41, 5.74) is 6.00. The van der Waals surface area contributed by atoms with Crippen molar-refractivity contribution in [3.63, 3.8) is 0 Å². The number of esters is 1. The molecular weight excluding hydrogens is 610 g/mol. The van der Waals surface area contributed by atoms with Crippen LogP contribution in [0.25, 0.3) is 0 Å². The second kappa shape index (κ2) is 15.0. The lowest BCUT2D eigenvalue weighted by Crippen LogP contribution is -2.54. The number of carboxylic acids is 3. The van der Waals surface area contributed by atoms with Crippen molar-refractivity contribution < 1.29 is 53.6 Å². The molecule has 0 aliphatic heterocycles. The molecule has 0 aromatic heterocycles. The average molecular weight is 664 g/mol. The zero-order valence-corrected chi connectivity index (χ0v) is 27.9. The zero-order valence-electron chi connectivity index (χ0n) is 27.9. The van der Waals surface area contributed by atoms with Crippen LogP contribution >= 0.6 is 0 Å². The lowest BCUT2D eigenvalue weighted by atomic mass is 9.44. The molecule has 264 valence electrons. The second-order valence-electron chi connectivity index (χ2n) is 15.5. The molecule has 4 saturated carbocycles. The molecule has 4 rings (SSSR count). The molecule has 1 unspecified atom stereocenters. The van der Waals surface area contributed by atoms with E-state index in [0.29, 0.717) is 48.9 Å². The van der Waals surface area contributed by atoms with Gasteiger partial charge in [0.15, 0.2) is 11.7 Å². The third-order valence-corrected chi connectivity index (χ3v) is 13.1. The first-order valence-electron chi connectivity index (χ1n) is 17.3. The van der Waals surface area contributed by atoms with Gasteiger partial charge in [0.2, 0.25) is 0 Å². The van der Waals surface area contributed by atoms with Gasteiger partial charge in [-0.1, -0.05) is 20.8 Å². The van der Waals surface area contributed by atoms with E-state index >= 15 is 0 Å². The molecule has 0 spiro atoms. The van der Waals surface area contributed by atoms with Gasteiger partial charge in [0.25, 0.3) is 6.47 Å². The van der Waals surface area contributed by atoms with Crippen LogP contribution in [0.5, 0.6) is 0 Å². The number of carbonyl (C=O) groups excluding carboxylic acids is 3. The number of Topliss-reactive ketones (excluding diaryl/α,β-unsaturated/α-hetero) is 1. The minimum absolute atomic E-state index is 0.106. The molecular formula is C35H53NO11. The van der Waals surface area contributed by atoms with Crippen molar-refractivity contribution in [2.45, 2.75) is 116 Å². The van der Waals surface area contributed by atoms with Crippen LogP contribution in [0.15, 0.2) is 0 Å². The number of ether oxygens (including phenoxy) is 2. The van der Waals surface area contributed by atoms with Gasteiger partial charge in [-0.05, 0) is 117 Å². The summed E-state index contributed by atoms with van der Waals surface area (Å²) in [7, 11) is 0. The first-order chi connectivity index (χ1) is 22.1. The standard InChI is InChI=1S/C35H53NO11/c1-19(4-6-24(31(41)42)32(43)44)25-8-9-26-23-7-5-21-16-22(10-12-34(21,2)27(23)11-13-35(25,26)3)47-33(45)20(15-30(39)40)14-29(38)28(36)17-46-18-37/h18-28H,4-17,36H2,1-3H3,(H,39,40)(H,41,42)(H,43,44)/t19-,20+,21-,22-,23+,25?,26+,27+,28+,34+,35-/m1/s1. The van der Waals surface area contributed by atoms with E-state index in [-0.39, 0.29) is 42.4 Å². The summed E-state index contributed by atoms with van der Waals surface area (Å²) in [5.74, 6) is -4.77. The number of fused-ring (bicyclic) bond motifs is 5. The highest BCUT2D eigenvalue weighted by molar-refractivity contribution is 5.92. The molecule has 0 radical (unpaired) electrons. The minimum Gasteiger partial charge on any atom is -0.481 e. The lowest BCUT2D eigenvalue weighted by molar-refractivity contribution is -0.169. The van der Waals surface area contributed by atoms with E-state index in [1.165, 1.54) is 0 Å². The molecule has 0 aromatic rings. The maximum Gasteiger partial charge on any atom is 0.317 e. The molecule has 0 aromatic carbocycles. The Morgan fingerprint density at radius 3 is 2.17 bits per heavy atom. The second-order valence-corrected chi connectivity index (χ2v) is 15.5. The molecule has 11 atom stereocenters. The molecule has 4 aliphatic rings. The highest BCUT2D eigenvalue weighted by atomic mass is 16.5. The molecule has 0 saturated heterocycles. The summed E-state index contributed by atoms with van der Waals surface area (Å²) in [6, 6.07) is -1.15. The van der Waals surface area contributed by atoms with Crippen LogP contribution in [-0.4, -0.2) is 70.2 Å². The number of ketones is 1. The summed E-state index contributed by atoms with van der Waals surface area (Å²) in [4.78, 5) is 70.5. The quantitative estimate of drug-likeness (QED) is 0.103. The maximum absolute atomic E-state index is 13.2. The van der Waals surface area contributed by atoms with Crippen LogP contribution in [-0.2, 0) is 38.2 Å². The van der Waals surface area contributed by atoms with E-state index in [9.17, 15) is 44.1 Å². The van der Waals surface area contributed by atoms with Crippen LogP contribution < -0.4 is 5.73 Å². The van der Waals surface area contributed by atoms with Crippen LogP contribution in [0.2, 0.25) is 0 Å². The Hall–Kier alpha value is -3.02. The van der Waals surface area contributed by atoms with Gasteiger partial charge in [-0.3, -0.25) is 28.8 Å². The Morgan fingerprint density at radius 2 is 1.53 bits per heavy atom. The van der Waals surface area contributed by atoms with Gasteiger partial charge in [-0.15, -0.1) is 0 Å². The Kier molecular flexibility index (Phi) is 11.8. The van der Waals surface area contributed by atoms with Gasteiger partial charge in [0.05, 0.1) is 18.4 Å². The predicted molar refractivity (Wildman–Crippen MR) is 168 cm³/mol. The van der Waals surface area contributed by atoms with Crippen LogP contribution in [0.1, 0.15) is 104 Å². The van der Waals surface area contributed by atoms with Gasteiger partial charge in [0, 0.05) is 6.42 Å². The number of rotatable bonds is 16. The molecule has 0 bridgehead atoms. The van der Waals surface area contributed by atoms with Crippen molar-refractivity contribution in [2.24, 2.45) is 63.9 Å². The van der Waals surface area contributed by atoms with E-state index in [2.05, 4.69) is 25.5 Å². The highest BCUT2D eigenvalue weighted by Crippen LogP contribution is 2.68. The topological polar surface area (TPSA) is 208 Å². The fraction of sp³-hybridized carbons (Fsp3) is 0.829. The van der Waals surface area contributed by atoms with Gasteiger partial charge in [-0.2, -0.15) is 0 Å². The third-order valence-electron chi connectivity index (χ3n) is 13.1. The first kappa shape index (κ1) is 36.8. The number of nitrogens with two attached hydrogens (primary N) is 1. The molecule has 4 aliphatic carbocycles. The first-order valence-corrected chi connectivity index (χ1v) is 17.3.